The van der Waals surface area contributed by atoms with E-state index in [1.165, 1.54) is 0 Å². The second-order valence-corrected chi connectivity index (χ2v) is 6.98. The number of anilines is 3. The quantitative estimate of drug-likeness (QED) is 0.354. The van der Waals surface area contributed by atoms with Gasteiger partial charge in [-0.25, -0.2) is 19.9 Å². The van der Waals surface area contributed by atoms with Gasteiger partial charge in [-0.05, 0) is 36.9 Å². The van der Waals surface area contributed by atoms with Crippen LogP contribution in [0.2, 0.25) is 0 Å². The van der Waals surface area contributed by atoms with E-state index in [0.29, 0.717) is 12.4 Å². The molecule has 30 heavy (non-hydrogen) atoms. The molecule has 0 spiro atoms. The first-order valence-corrected chi connectivity index (χ1v) is 9.75. The molecule has 0 aliphatic carbocycles. The topological polar surface area (TPSA) is 121 Å². The molecule has 0 radical (unpaired) electrons. The van der Waals surface area contributed by atoms with Gasteiger partial charge in [-0.2, -0.15) is 0 Å². The SMILES string of the molecule is CNCCN(C)c1cccc(CNc2ncnc3[nH]cc(-c4ccnc(N)c4)c23)n1. The number of nitrogen functional groups attached to an aromatic ring is 1. The molecule has 0 aliphatic heterocycles. The van der Waals surface area contributed by atoms with E-state index >= 15 is 0 Å². The van der Waals surface area contributed by atoms with Crippen LogP contribution in [-0.4, -0.2) is 52.1 Å². The van der Waals surface area contributed by atoms with E-state index in [4.69, 9.17) is 10.7 Å². The van der Waals surface area contributed by atoms with Crippen LogP contribution in [0.1, 0.15) is 5.69 Å². The van der Waals surface area contributed by atoms with Gasteiger partial charge in [-0.3, -0.25) is 0 Å². The van der Waals surface area contributed by atoms with Crippen LogP contribution in [0.25, 0.3) is 22.2 Å². The van der Waals surface area contributed by atoms with Gasteiger partial charge < -0.3 is 26.3 Å². The number of nitrogens with zero attached hydrogens (tertiary/aromatic N) is 5. The van der Waals surface area contributed by atoms with E-state index in [2.05, 4.69) is 35.5 Å². The molecule has 0 atom stereocenters. The predicted octanol–water partition coefficient (Wildman–Crippen LogP) is 2.26. The van der Waals surface area contributed by atoms with Crippen LogP contribution >= 0.6 is 0 Å². The van der Waals surface area contributed by atoms with Gasteiger partial charge in [0.1, 0.15) is 29.4 Å². The van der Waals surface area contributed by atoms with Crippen LogP contribution in [-0.2, 0) is 6.54 Å². The number of fused-ring (bicyclic) bond motifs is 1. The summed E-state index contributed by atoms with van der Waals surface area (Å²) >= 11 is 0. The van der Waals surface area contributed by atoms with Crippen molar-refractivity contribution in [1.82, 2.24) is 30.2 Å². The van der Waals surface area contributed by atoms with Gasteiger partial charge in [-0.1, -0.05) is 6.07 Å². The Kier molecular flexibility index (Phi) is 5.71. The lowest BCUT2D eigenvalue weighted by Gasteiger charge is -2.18. The Hall–Kier alpha value is -3.72. The van der Waals surface area contributed by atoms with Crippen LogP contribution < -0.4 is 21.3 Å². The molecular weight excluding hydrogens is 378 g/mol. The van der Waals surface area contributed by atoms with Crippen molar-refractivity contribution >= 4 is 28.5 Å². The first-order chi connectivity index (χ1) is 14.7. The second kappa shape index (κ2) is 8.75. The summed E-state index contributed by atoms with van der Waals surface area (Å²) in [6, 6.07) is 9.79. The van der Waals surface area contributed by atoms with Crippen molar-refractivity contribution < 1.29 is 0 Å². The number of aromatic amines is 1. The highest BCUT2D eigenvalue weighted by Gasteiger charge is 2.13. The minimum Gasteiger partial charge on any atom is -0.384 e. The molecule has 9 heteroatoms. The number of H-pyrrole nitrogens is 1. The monoisotopic (exact) mass is 403 g/mol. The summed E-state index contributed by atoms with van der Waals surface area (Å²) in [5.41, 5.74) is 9.48. The van der Waals surface area contributed by atoms with Crippen LogP contribution in [0.3, 0.4) is 0 Å². The molecule has 0 unspecified atom stereocenters. The molecule has 4 aromatic heterocycles. The minimum atomic E-state index is 0.469. The lowest BCUT2D eigenvalue weighted by Crippen LogP contribution is -2.27. The van der Waals surface area contributed by atoms with Gasteiger partial charge in [0.15, 0.2) is 0 Å². The summed E-state index contributed by atoms with van der Waals surface area (Å²) in [6.45, 7) is 2.33. The van der Waals surface area contributed by atoms with Crippen LogP contribution in [0.4, 0.5) is 17.5 Å². The average molecular weight is 403 g/mol. The molecule has 5 N–H and O–H groups in total. The molecule has 0 fully saturated rings. The highest BCUT2D eigenvalue weighted by molar-refractivity contribution is 6.01. The summed E-state index contributed by atoms with van der Waals surface area (Å²) in [5, 5.41) is 7.48. The fourth-order valence-electron chi connectivity index (χ4n) is 3.29. The molecule has 0 saturated heterocycles. The van der Waals surface area contributed by atoms with Crippen LogP contribution in [0.15, 0.2) is 49.1 Å². The molecule has 0 bridgehead atoms. The maximum atomic E-state index is 5.87. The summed E-state index contributed by atoms with van der Waals surface area (Å²) in [5.74, 6) is 2.14. The average Bonchev–Trinajstić information content (AvgIpc) is 3.21. The van der Waals surface area contributed by atoms with Gasteiger partial charge in [0.25, 0.3) is 0 Å². The predicted molar refractivity (Wildman–Crippen MR) is 120 cm³/mol. The van der Waals surface area contributed by atoms with Crippen molar-refractivity contribution in [2.24, 2.45) is 0 Å². The molecule has 0 aliphatic rings. The van der Waals surface area contributed by atoms with Crippen molar-refractivity contribution in [2.45, 2.75) is 6.54 Å². The number of pyridine rings is 2. The zero-order chi connectivity index (χ0) is 20.9. The number of nitrogens with one attached hydrogen (secondary N) is 3. The first kappa shape index (κ1) is 19.6. The molecular formula is C21H25N9. The third-order valence-electron chi connectivity index (χ3n) is 4.88. The van der Waals surface area contributed by atoms with Crippen molar-refractivity contribution in [1.29, 1.82) is 0 Å². The Morgan fingerprint density at radius 3 is 2.90 bits per heavy atom. The molecule has 9 nitrogen and oxygen atoms in total. The summed E-state index contributed by atoms with van der Waals surface area (Å²) < 4.78 is 0. The van der Waals surface area contributed by atoms with E-state index < -0.39 is 0 Å². The van der Waals surface area contributed by atoms with E-state index in [-0.39, 0.29) is 0 Å². The summed E-state index contributed by atoms with van der Waals surface area (Å²) in [4.78, 5) is 23.0. The second-order valence-electron chi connectivity index (χ2n) is 6.98. The molecule has 154 valence electrons. The number of nitrogens with two attached hydrogens (primary N) is 1. The van der Waals surface area contributed by atoms with Gasteiger partial charge in [-0.15, -0.1) is 0 Å². The lowest BCUT2D eigenvalue weighted by molar-refractivity contribution is 0.759. The van der Waals surface area contributed by atoms with Crippen LogP contribution in [0.5, 0.6) is 0 Å². The number of hydrogen-bond donors (Lipinski definition) is 4. The van der Waals surface area contributed by atoms with Crippen molar-refractivity contribution in [3.63, 3.8) is 0 Å². The third-order valence-corrected chi connectivity index (χ3v) is 4.88. The Bertz CT molecular complexity index is 1140. The van der Waals surface area contributed by atoms with E-state index in [9.17, 15) is 0 Å². The molecule has 0 saturated carbocycles. The highest BCUT2D eigenvalue weighted by atomic mass is 15.2. The number of aromatic nitrogens is 5. The molecule has 4 aromatic rings. The smallest absolute Gasteiger partial charge is 0.143 e. The largest absolute Gasteiger partial charge is 0.384 e. The van der Waals surface area contributed by atoms with Crippen molar-refractivity contribution in [3.05, 3.63) is 54.7 Å². The zero-order valence-electron chi connectivity index (χ0n) is 17.1. The first-order valence-electron chi connectivity index (χ1n) is 9.75. The van der Waals surface area contributed by atoms with Gasteiger partial charge in [0, 0.05) is 38.1 Å². The Balaban J connectivity index is 1.59. The fraction of sp³-hybridized carbons (Fsp3) is 0.238. The fourth-order valence-corrected chi connectivity index (χ4v) is 3.29. The third kappa shape index (κ3) is 4.15. The molecule has 4 heterocycles. The number of likely N-dealkylation sites (N-methyl/N-ethyl adjacent to an activating group) is 2. The molecule has 0 aromatic carbocycles. The minimum absolute atomic E-state index is 0.469. The van der Waals surface area contributed by atoms with Gasteiger partial charge >= 0.3 is 0 Å². The number of rotatable bonds is 8. The summed E-state index contributed by atoms with van der Waals surface area (Å²) in [7, 11) is 3.98. The van der Waals surface area contributed by atoms with Crippen LogP contribution in [0, 0.1) is 0 Å². The number of hydrogen-bond acceptors (Lipinski definition) is 8. The normalized spacial score (nSPS) is 11.0. The Morgan fingerprint density at radius 1 is 1.17 bits per heavy atom. The van der Waals surface area contributed by atoms with Crippen molar-refractivity contribution in [3.8, 4) is 11.1 Å². The maximum Gasteiger partial charge on any atom is 0.143 e. The standard InChI is InChI=1S/C21H25N9/c1-23-8-9-30(2)18-5-3-4-15(29-18)11-25-20-19-16(12-26-21(19)28-13-27-20)14-6-7-24-17(22)10-14/h3-7,10,12-13,23H,8-9,11H2,1-2H3,(H2,22,24)(H2,25,26,27,28). The zero-order valence-corrected chi connectivity index (χ0v) is 17.1. The summed E-state index contributed by atoms with van der Waals surface area (Å²) in [6.07, 6.45) is 5.15. The van der Waals surface area contributed by atoms with E-state index in [1.807, 2.05) is 50.6 Å². The van der Waals surface area contributed by atoms with E-state index in [0.717, 1.165) is 52.6 Å². The Morgan fingerprint density at radius 2 is 2.07 bits per heavy atom. The highest BCUT2D eigenvalue weighted by Crippen LogP contribution is 2.32. The van der Waals surface area contributed by atoms with E-state index in [1.54, 1.807) is 12.5 Å². The molecule has 4 rings (SSSR count). The van der Waals surface area contributed by atoms with Crippen molar-refractivity contribution in [2.75, 3.05) is 43.1 Å². The van der Waals surface area contributed by atoms with Gasteiger partial charge in [0.05, 0.1) is 17.6 Å². The Labute approximate surface area is 174 Å². The lowest BCUT2D eigenvalue weighted by atomic mass is 10.1. The van der Waals surface area contributed by atoms with Gasteiger partial charge in [0.2, 0.25) is 0 Å². The molecule has 0 amide bonds. The maximum absolute atomic E-state index is 5.87.